The molecule has 0 bridgehead atoms. The SMILES string of the molecule is COc1ccc(NC(=O)CCc2nc(C(C)C)cs2)cc1Cl. The van der Waals surface area contributed by atoms with E-state index in [-0.39, 0.29) is 5.91 Å². The lowest BCUT2D eigenvalue weighted by atomic mass is 10.2. The molecule has 0 aliphatic carbocycles. The van der Waals surface area contributed by atoms with Crippen molar-refractivity contribution in [3.8, 4) is 5.75 Å². The number of carbonyl (C=O) groups is 1. The van der Waals surface area contributed by atoms with Crippen molar-refractivity contribution in [2.24, 2.45) is 0 Å². The van der Waals surface area contributed by atoms with Crippen molar-refractivity contribution in [3.63, 3.8) is 0 Å². The lowest BCUT2D eigenvalue weighted by Crippen LogP contribution is -2.12. The third-order valence-electron chi connectivity index (χ3n) is 3.16. The summed E-state index contributed by atoms with van der Waals surface area (Å²) in [5.74, 6) is 0.950. The topological polar surface area (TPSA) is 51.2 Å². The van der Waals surface area contributed by atoms with Crippen molar-refractivity contribution in [2.75, 3.05) is 12.4 Å². The summed E-state index contributed by atoms with van der Waals surface area (Å²) in [7, 11) is 1.55. The van der Waals surface area contributed by atoms with Crippen LogP contribution in [0.4, 0.5) is 5.69 Å². The Morgan fingerprint density at radius 1 is 1.45 bits per heavy atom. The second-order valence-corrected chi connectivity index (χ2v) is 6.57. The second-order valence-electron chi connectivity index (χ2n) is 5.22. The standard InChI is InChI=1S/C16H19ClN2O2S/c1-10(2)13-9-22-16(19-13)7-6-15(20)18-11-4-5-14(21-3)12(17)8-11/h4-5,8-10H,6-7H2,1-3H3,(H,18,20). The van der Waals surface area contributed by atoms with E-state index in [9.17, 15) is 4.79 Å². The smallest absolute Gasteiger partial charge is 0.224 e. The zero-order chi connectivity index (χ0) is 16.1. The van der Waals surface area contributed by atoms with Gasteiger partial charge in [-0.3, -0.25) is 4.79 Å². The lowest BCUT2D eigenvalue weighted by Gasteiger charge is -2.07. The summed E-state index contributed by atoms with van der Waals surface area (Å²) in [6.45, 7) is 4.22. The molecular weight excluding hydrogens is 320 g/mol. The van der Waals surface area contributed by atoms with Gasteiger partial charge in [0.15, 0.2) is 0 Å². The number of ether oxygens (including phenoxy) is 1. The zero-order valence-corrected chi connectivity index (χ0v) is 14.4. The molecule has 118 valence electrons. The molecule has 0 saturated heterocycles. The number of nitrogens with zero attached hydrogens (tertiary/aromatic N) is 1. The maximum absolute atomic E-state index is 12.0. The number of aryl methyl sites for hydroxylation is 1. The highest BCUT2D eigenvalue weighted by molar-refractivity contribution is 7.09. The number of halogens is 1. The van der Waals surface area contributed by atoms with Crippen molar-refractivity contribution in [3.05, 3.63) is 39.3 Å². The minimum absolute atomic E-state index is 0.0532. The van der Waals surface area contributed by atoms with Crippen LogP contribution >= 0.6 is 22.9 Å². The number of thiazole rings is 1. The van der Waals surface area contributed by atoms with Crippen molar-refractivity contribution < 1.29 is 9.53 Å². The molecule has 0 aliphatic heterocycles. The van der Waals surface area contributed by atoms with E-state index in [1.54, 1.807) is 36.6 Å². The molecule has 1 heterocycles. The number of anilines is 1. The van der Waals surface area contributed by atoms with Crippen LogP contribution in [0.5, 0.6) is 5.75 Å². The van der Waals surface area contributed by atoms with Crippen LogP contribution < -0.4 is 10.1 Å². The lowest BCUT2D eigenvalue weighted by molar-refractivity contribution is -0.116. The van der Waals surface area contributed by atoms with Gasteiger partial charge in [0.05, 0.1) is 22.8 Å². The summed E-state index contributed by atoms with van der Waals surface area (Å²) in [5, 5.41) is 6.35. The zero-order valence-electron chi connectivity index (χ0n) is 12.9. The van der Waals surface area contributed by atoms with E-state index in [4.69, 9.17) is 16.3 Å². The van der Waals surface area contributed by atoms with Gasteiger partial charge < -0.3 is 10.1 Å². The molecule has 0 atom stereocenters. The maximum Gasteiger partial charge on any atom is 0.224 e. The number of amides is 1. The molecule has 1 aromatic carbocycles. The molecule has 0 aliphatic rings. The Hall–Kier alpha value is -1.59. The highest BCUT2D eigenvalue weighted by atomic mass is 35.5. The van der Waals surface area contributed by atoms with Crippen LogP contribution in [0.3, 0.4) is 0 Å². The fourth-order valence-electron chi connectivity index (χ4n) is 1.89. The highest BCUT2D eigenvalue weighted by Crippen LogP contribution is 2.27. The van der Waals surface area contributed by atoms with Crippen LogP contribution in [0, 0.1) is 0 Å². The van der Waals surface area contributed by atoms with Crippen LogP contribution in [-0.4, -0.2) is 18.0 Å². The van der Waals surface area contributed by atoms with E-state index in [1.165, 1.54) is 0 Å². The van der Waals surface area contributed by atoms with E-state index in [0.717, 1.165) is 10.7 Å². The Morgan fingerprint density at radius 3 is 2.82 bits per heavy atom. The largest absolute Gasteiger partial charge is 0.495 e. The molecule has 1 N–H and O–H groups in total. The Bertz CT molecular complexity index is 655. The predicted octanol–water partition coefficient (Wildman–Crippen LogP) is 4.50. The molecule has 0 unspecified atom stereocenters. The number of methoxy groups -OCH3 is 1. The number of nitrogens with one attached hydrogen (secondary N) is 1. The summed E-state index contributed by atoms with van der Waals surface area (Å²) in [4.78, 5) is 16.5. The molecule has 0 radical (unpaired) electrons. The molecule has 1 aromatic heterocycles. The molecule has 2 aromatic rings. The van der Waals surface area contributed by atoms with Gasteiger partial charge >= 0.3 is 0 Å². The highest BCUT2D eigenvalue weighted by Gasteiger charge is 2.09. The van der Waals surface area contributed by atoms with Crippen molar-refractivity contribution in [2.45, 2.75) is 32.6 Å². The molecular formula is C16H19ClN2O2S. The monoisotopic (exact) mass is 338 g/mol. The van der Waals surface area contributed by atoms with Gasteiger partial charge in [-0.2, -0.15) is 0 Å². The number of carbonyl (C=O) groups excluding carboxylic acids is 1. The third-order valence-corrected chi connectivity index (χ3v) is 4.38. The first-order chi connectivity index (χ1) is 10.5. The van der Waals surface area contributed by atoms with Gasteiger partial charge in [0, 0.05) is 23.9 Å². The Labute approximate surface area is 139 Å². The fraction of sp³-hybridized carbons (Fsp3) is 0.375. The van der Waals surface area contributed by atoms with E-state index < -0.39 is 0 Å². The van der Waals surface area contributed by atoms with E-state index >= 15 is 0 Å². The molecule has 0 spiro atoms. The first-order valence-corrected chi connectivity index (χ1v) is 8.33. The van der Waals surface area contributed by atoms with Crippen molar-refractivity contribution >= 4 is 34.5 Å². The van der Waals surface area contributed by atoms with E-state index in [1.807, 2.05) is 0 Å². The van der Waals surface area contributed by atoms with Gasteiger partial charge in [-0.05, 0) is 24.1 Å². The van der Waals surface area contributed by atoms with E-state index in [0.29, 0.717) is 35.2 Å². The van der Waals surface area contributed by atoms with Crippen molar-refractivity contribution in [1.29, 1.82) is 0 Å². The maximum atomic E-state index is 12.0. The average Bonchev–Trinajstić information content (AvgIpc) is 2.94. The number of aromatic nitrogens is 1. The number of hydrogen-bond donors (Lipinski definition) is 1. The normalized spacial score (nSPS) is 10.8. The molecule has 4 nitrogen and oxygen atoms in total. The van der Waals surface area contributed by atoms with Gasteiger partial charge in [-0.15, -0.1) is 11.3 Å². The molecule has 22 heavy (non-hydrogen) atoms. The van der Waals surface area contributed by atoms with Crippen LogP contribution in [0.25, 0.3) is 0 Å². The van der Waals surface area contributed by atoms with Crippen LogP contribution in [0.15, 0.2) is 23.6 Å². The summed E-state index contributed by atoms with van der Waals surface area (Å²) >= 11 is 7.64. The Kier molecular flexibility index (Phi) is 5.80. The van der Waals surface area contributed by atoms with Gasteiger partial charge in [0.25, 0.3) is 0 Å². The summed E-state index contributed by atoms with van der Waals surface area (Å²) in [5.41, 5.74) is 1.75. The average molecular weight is 339 g/mol. The van der Waals surface area contributed by atoms with Crippen LogP contribution in [0.1, 0.15) is 36.9 Å². The minimum atomic E-state index is -0.0532. The summed E-state index contributed by atoms with van der Waals surface area (Å²) < 4.78 is 5.08. The first kappa shape index (κ1) is 16.8. The van der Waals surface area contributed by atoms with Gasteiger partial charge in [0.2, 0.25) is 5.91 Å². The van der Waals surface area contributed by atoms with Crippen molar-refractivity contribution in [1.82, 2.24) is 4.98 Å². The Balaban J connectivity index is 1.88. The summed E-state index contributed by atoms with van der Waals surface area (Å²) in [6.07, 6.45) is 1.04. The van der Waals surface area contributed by atoms with Gasteiger partial charge in [0.1, 0.15) is 5.75 Å². The molecule has 6 heteroatoms. The van der Waals surface area contributed by atoms with Crippen LogP contribution in [0.2, 0.25) is 5.02 Å². The second kappa shape index (κ2) is 7.61. The van der Waals surface area contributed by atoms with Gasteiger partial charge in [-0.25, -0.2) is 4.98 Å². The number of benzene rings is 1. The number of hydrogen-bond acceptors (Lipinski definition) is 4. The minimum Gasteiger partial charge on any atom is -0.495 e. The summed E-state index contributed by atoms with van der Waals surface area (Å²) in [6, 6.07) is 5.18. The molecule has 0 fully saturated rings. The molecule has 2 rings (SSSR count). The quantitative estimate of drug-likeness (QED) is 0.843. The fourth-order valence-corrected chi connectivity index (χ4v) is 3.11. The molecule has 1 amide bonds. The number of rotatable bonds is 6. The first-order valence-electron chi connectivity index (χ1n) is 7.07. The van der Waals surface area contributed by atoms with E-state index in [2.05, 4.69) is 29.5 Å². The third kappa shape index (κ3) is 4.45. The molecule has 0 saturated carbocycles. The predicted molar refractivity (Wildman–Crippen MR) is 91.2 cm³/mol. The Morgan fingerprint density at radius 2 is 2.23 bits per heavy atom. The van der Waals surface area contributed by atoms with Gasteiger partial charge in [-0.1, -0.05) is 25.4 Å². The van der Waals surface area contributed by atoms with Crippen LogP contribution in [-0.2, 0) is 11.2 Å².